The first-order chi connectivity index (χ1) is 11.3. The molecule has 6 heteroatoms. The van der Waals surface area contributed by atoms with E-state index in [9.17, 15) is 4.79 Å². The first-order valence-corrected chi connectivity index (χ1v) is 8.53. The Bertz CT molecular complexity index is 754. The summed E-state index contributed by atoms with van der Waals surface area (Å²) in [5.41, 5.74) is 1.12. The largest absolute Gasteiger partial charge is 0.482 e. The third-order valence-corrected chi connectivity index (χ3v) is 4.67. The van der Waals surface area contributed by atoms with Crippen LogP contribution in [-0.4, -0.2) is 12.5 Å². The molecule has 0 spiro atoms. The van der Waals surface area contributed by atoms with Crippen molar-refractivity contribution in [1.82, 2.24) is 5.32 Å². The SMILES string of the molecule is CC1(C)Cc2occc2C(NC(=O)COc2ccc(Cl)cc2Cl)C1. The van der Waals surface area contributed by atoms with Crippen molar-refractivity contribution >= 4 is 29.1 Å². The zero-order valence-corrected chi connectivity index (χ0v) is 15.1. The highest BCUT2D eigenvalue weighted by atomic mass is 35.5. The monoisotopic (exact) mass is 367 g/mol. The summed E-state index contributed by atoms with van der Waals surface area (Å²) in [7, 11) is 0. The standard InChI is InChI=1S/C18H19Cl2NO3/c1-18(2)8-14(12-5-6-23-16(12)9-18)21-17(22)10-24-15-4-3-11(19)7-13(15)20/h3-7,14H,8-10H2,1-2H3,(H,21,22). The molecule has 1 heterocycles. The van der Waals surface area contributed by atoms with E-state index in [1.54, 1.807) is 24.5 Å². The molecule has 0 aliphatic heterocycles. The highest BCUT2D eigenvalue weighted by Gasteiger charge is 2.34. The normalized spacial score (nSPS) is 18.8. The number of amides is 1. The molecule has 0 radical (unpaired) electrons. The highest BCUT2D eigenvalue weighted by molar-refractivity contribution is 6.35. The molecule has 1 aromatic heterocycles. The lowest BCUT2D eigenvalue weighted by molar-refractivity contribution is -0.124. The number of furan rings is 1. The highest BCUT2D eigenvalue weighted by Crippen LogP contribution is 2.41. The van der Waals surface area contributed by atoms with Crippen LogP contribution in [0.3, 0.4) is 0 Å². The van der Waals surface area contributed by atoms with Crippen molar-refractivity contribution in [3.05, 3.63) is 51.9 Å². The number of halogens is 2. The predicted molar refractivity (Wildman–Crippen MR) is 93.7 cm³/mol. The number of hydrogen-bond donors (Lipinski definition) is 1. The smallest absolute Gasteiger partial charge is 0.258 e. The Morgan fingerprint density at radius 2 is 2.17 bits per heavy atom. The molecule has 3 rings (SSSR count). The van der Waals surface area contributed by atoms with Crippen molar-refractivity contribution in [2.45, 2.75) is 32.7 Å². The van der Waals surface area contributed by atoms with Gasteiger partial charge in [-0.3, -0.25) is 4.79 Å². The quantitative estimate of drug-likeness (QED) is 0.844. The van der Waals surface area contributed by atoms with Gasteiger partial charge >= 0.3 is 0 Å². The number of hydrogen-bond acceptors (Lipinski definition) is 3. The summed E-state index contributed by atoms with van der Waals surface area (Å²) in [6.45, 7) is 4.23. The van der Waals surface area contributed by atoms with Gasteiger partial charge in [-0.25, -0.2) is 0 Å². The van der Waals surface area contributed by atoms with Gasteiger partial charge < -0.3 is 14.5 Å². The molecule has 2 aromatic rings. The minimum absolute atomic E-state index is 0.0701. The molecule has 24 heavy (non-hydrogen) atoms. The lowest BCUT2D eigenvalue weighted by Gasteiger charge is -2.34. The van der Waals surface area contributed by atoms with Crippen LogP contribution in [0.5, 0.6) is 5.75 Å². The number of carbonyl (C=O) groups is 1. The lowest BCUT2D eigenvalue weighted by atomic mass is 9.75. The second-order valence-corrected chi connectivity index (χ2v) is 7.67. The summed E-state index contributed by atoms with van der Waals surface area (Å²) in [5.74, 6) is 1.18. The van der Waals surface area contributed by atoms with Gasteiger partial charge in [-0.1, -0.05) is 37.0 Å². The average molecular weight is 368 g/mol. The van der Waals surface area contributed by atoms with Crippen molar-refractivity contribution in [3.63, 3.8) is 0 Å². The van der Waals surface area contributed by atoms with E-state index in [0.717, 1.165) is 24.2 Å². The summed E-state index contributed by atoms with van der Waals surface area (Å²) in [6.07, 6.45) is 3.40. The van der Waals surface area contributed by atoms with Gasteiger partial charge in [0.25, 0.3) is 5.91 Å². The van der Waals surface area contributed by atoms with E-state index in [1.807, 2.05) is 6.07 Å². The van der Waals surface area contributed by atoms with Crippen LogP contribution < -0.4 is 10.1 Å². The van der Waals surface area contributed by atoms with E-state index in [0.29, 0.717) is 15.8 Å². The molecule has 0 fully saturated rings. The maximum absolute atomic E-state index is 12.3. The van der Waals surface area contributed by atoms with Crippen LogP contribution in [0.2, 0.25) is 10.0 Å². The fourth-order valence-corrected chi connectivity index (χ4v) is 3.54. The number of fused-ring (bicyclic) bond motifs is 1. The Labute approximate surface area is 151 Å². The van der Waals surface area contributed by atoms with Gasteiger partial charge in [-0.05, 0) is 36.1 Å². The summed E-state index contributed by atoms with van der Waals surface area (Å²) in [4.78, 5) is 12.3. The van der Waals surface area contributed by atoms with E-state index >= 15 is 0 Å². The van der Waals surface area contributed by atoms with Crippen LogP contribution in [0.15, 0.2) is 34.9 Å². The molecule has 1 unspecified atom stereocenters. The number of ether oxygens (including phenoxy) is 1. The Morgan fingerprint density at radius 1 is 1.38 bits per heavy atom. The van der Waals surface area contributed by atoms with Crippen LogP contribution >= 0.6 is 23.2 Å². The Balaban J connectivity index is 1.63. The number of benzene rings is 1. The van der Waals surface area contributed by atoms with Crippen LogP contribution in [-0.2, 0) is 11.2 Å². The molecule has 0 saturated heterocycles. The predicted octanol–water partition coefficient (Wildman–Crippen LogP) is 4.80. The van der Waals surface area contributed by atoms with Crippen molar-refractivity contribution < 1.29 is 13.9 Å². The fourth-order valence-electron chi connectivity index (χ4n) is 3.07. The Kier molecular flexibility index (Phi) is 4.79. The zero-order valence-electron chi connectivity index (χ0n) is 13.6. The minimum Gasteiger partial charge on any atom is -0.482 e. The molecule has 1 N–H and O–H groups in total. The first-order valence-electron chi connectivity index (χ1n) is 7.77. The zero-order chi connectivity index (χ0) is 17.3. The number of rotatable bonds is 4. The molecule has 4 nitrogen and oxygen atoms in total. The maximum atomic E-state index is 12.3. The van der Waals surface area contributed by atoms with Crippen molar-refractivity contribution in [3.8, 4) is 5.75 Å². The molecule has 128 valence electrons. The van der Waals surface area contributed by atoms with Gasteiger partial charge in [0.1, 0.15) is 11.5 Å². The molecule has 1 amide bonds. The molecule has 1 aliphatic rings. The van der Waals surface area contributed by atoms with Crippen LogP contribution in [0.1, 0.15) is 37.6 Å². The summed E-state index contributed by atoms with van der Waals surface area (Å²) in [6, 6.07) is 6.75. The fraction of sp³-hybridized carbons (Fsp3) is 0.389. The molecular weight excluding hydrogens is 349 g/mol. The minimum atomic E-state index is -0.198. The van der Waals surface area contributed by atoms with Crippen molar-refractivity contribution in [2.24, 2.45) is 5.41 Å². The van der Waals surface area contributed by atoms with E-state index in [1.165, 1.54) is 0 Å². The Morgan fingerprint density at radius 3 is 2.92 bits per heavy atom. The molecule has 1 aliphatic carbocycles. The van der Waals surface area contributed by atoms with Gasteiger partial charge in [0, 0.05) is 17.0 Å². The molecule has 0 bridgehead atoms. The summed E-state index contributed by atoms with van der Waals surface area (Å²) >= 11 is 11.9. The van der Waals surface area contributed by atoms with Crippen molar-refractivity contribution in [2.75, 3.05) is 6.61 Å². The van der Waals surface area contributed by atoms with Gasteiger partial charge in [-0.15, -0.1) is 0 Å². The first kappa shape index (κ1) is 17.2. The topological polar surface area (TPSA) is 51.5 Å². The van der Waals surface area contributed by atoms with E-state index < -0.39 is 0 Å². The molecular formula is C18H19Cl2NO3. The molecule has 1 atom stereocenters. The second kappa shape index (κ2) is 6.69. The average Bonchev–Trinajstić information content (AvgIpc) is 2.93. The van der Waals surface area contributed by atoms with E-state index in [4.69, 9.17) is 32.4 Å². The number of carbonyl (C=O) groups excluding carboxylic acids is 1. The van der Waals surface area contributed by atoms with Crippen LogP contribution in [0.4, 0.5) is 0 Å². The van der Waals surface area contributed by atoms with Gasteiger partial charge in [0.05, 0.1) is 17.3 Å². The number of nitrogens with one attached hydrogen (secondary N) is 1. The van der Waals surface area contributed by atoms with Gasteiger partial charge in [0.15, 0.2) is 6.61 Å². The maximum Gasteiger partial charge on any atom is 0.258 e. The van der Waals surface area contributed by atoms with E-state index in [2.05, 4.69) is 19.2 Å². The third-order valence-electron chi connectivity index (χ3n) is 4.14. The Hall–Kier alpha value is -1.65. The summed E-state index contributed by atoms with van der Waals surface area (Å²) in [5, 5.41) is 3.93. The second-order valence-electron chi connectivity index (χ2n) is 6.83. The third kappa shape index (κ3) is 3.87. The van der Waals surface area contributed by atoms with Crippen LogP contribution in [0, 0.1) is 5.41 Å². The lowest BCUT2D eigenvalue weighted by Crippen LogP contribution is -2.38. The van der Waals surface area contributed by atoms with Gasteiger partial charge in [0.2, 0.25) is 0 Å². The van der Waals surface area contributed by atoms with E-state index in [-0.39, 0.29) is 24.0 Å². The molecule has 0 saturated carbocycles. The summed E-state index contributed by atoms with van der Waals surface area (Å²) < 4.78 is 11.0. The van der Waals surface area contributed by atoms with Gasteiger partial charge in [-0.2, -0.15) is 0 Å². The molecule has 1 aromatic carbocycles. The van der Waals surface area contributed by atoms with Crippen LogP contribution in [0.25, 0.3) is 0 Å². The van der Waals surface area contributed by atoms with Crippen molar-refractivity contribution in [1.29, 1.82) is 0 Å².